The normalized spacial score (nSPS) is 42.6. The third-order valence-corrected chi connectivity index (χ3v) is 3.68. The topological polar surface area (TPSA) is 58.9 Å². The van der Waals surface area contributed by atoms with Gasteiger partial charge in [0.2, 0.25) is 0 Å². The Labute approximate surface area is 91.2 Å². The minimum Gasteiger partial charge on any atom is -0.393 e. The van der Waals surface area contributed by atoms with Gasteiger partial charge in [0.1, 0.15) is 5.60 Å². The van der Waals surface area contributed by atoms with Crippen LogP contribution in [0.15, 0.2) is 0 Å². The Morgan fingerprint density at radius 2 is 2.07 bits per heavy atom. The molecule has 0 heterocycles. The van der Waals surface area contributed by atoms with Gasteiger partial charge in [0, 0.05) is 20.6 Å². The summed E-state index contributed by atoms with van der Waals surface area (Å²) in [6, 6.07) is 0. The van der Waals surface area contributed by atoms with Crippen molar-refractivity contribution < 1.29 is 19.7 Å². The van der Waals surface area contributed by atoms with E-state index in [1.54, 1.807) is 14.2 Å². The molecule has 1 fully saturated rings. The molecule has 4 nitrogen and oxygen atoms in total. The van der Waals surface area contributed by atoms with Crippen molar-refractivity contribution in [3.63, 3.8) is 0 Å². The Hall–Kier alpha value is -0.160. The van der Waals surface area contributed by atoms with Crippen molar-refractivity contribution in [3.05, 3.63) is 0 Å². The first kappa shape index (κ1) is 12.9. The Morgan fingerprint density at radius 1 is 1.40 bits per heavy atom. The van der Waals surface area contributed by atoms with Crippen molar-refractivity contribution in [1.29, 1.82) is 0 Å². The highest BCUT2D eigenvalue weighted by Gasteiger charge is 2.43. The van der Waals surface area contributed by atoms with E-state index in [1.165, 1.54) is 0 Å². The minimum atomic E-state index is -0.652. The van der Waals surface area contributed by atoms with Gasteiger partial charge in [-0.15, -0.1) is 0 Å². The van der Waals surface area contributed by atoms with Gasteiger partial charge in [0.05, 0.1) is 18.8 Å². The maximum absolute atomic E-state index is 9.87. The number of aliphatic hydroxyl groups excluding tert-OH is 2. The molecule has 0 bridgehead atoms. The lowest BCUT2D eigenvalue weighted by atomic mass is 9.92. The Balaban J connectivity index is 2.85. The number of methoxy groups -OCH3 is 2. The van der Waals surface area contributed by atoms with Gasteiger partial charge in [-0.1, -0.05) is 6.92 Å². The summed E-state index contributed by atoms with van der Waals surface area (Å²) in [4.78, 5) is 0. The van der Waals surface area contributed by atoms with E-state index in [4.69, 9.17) is 9.47 Å². The second-order valence-electron chi connectivity index (χ2n) is 4.47. The van der Waals surface area contributed by atoms with E-state index in [9.17, 15) is 10.2 Å². The highest BCUT2D eigenvalue weighted by molar-refractivity contribution is 4.94. The Bertz CT molecular complexity index is 191. The lowest BCUT2D eigenvalue weighted by Crippen LogP contribution is -2.48. The summed E-state index contributed by atoms with van der Waals surface area (Å²) in [5.41, 5.74) is -0.652. The maximum Gasteiger partial charge on any atom is 0.117 e. The first-order valence-electron chi connectivity index (χ1n) is 5.46. The summed E-state index contributed by atoms with van der Waals surface area (Å²) in [5.74, 6) is 0.228. The third kappa shape index (κ3) is 2.50. The zero-order chi connectivity index (χ0) is 11.5. The molecule has 90 valence electrons. The van der Waals surface area contributed by atoms with Gasteiger partial charge in [0.25, 0.3) is 0 Å². The predicted octanol–water partition coefficient (Wildman–Crippen LogP) is 0.560. The average molecular weight is 218 g/mol. The molecule has 0 saturated heterocycles. The van der Waals surface area contributed by atoms with Gasteiger partial charge in [-0.2, -0.15) is 0 Å². The molecule has 2 N–H and O–H groups in total. The molecule has 0 amide bonds. The van der Waals surface area contributed by atoms with E-state index in [1.807, 2.05) is 6.92 Å². The van der Waals surface area contributed by atoms with Crippen LogP contribution in [0.3, 0.4) is 0 Å². The largest absolute Gasteiger partial charge is 0.393 e. The van der Waals surface area contributed by atoms with Crippen molar-refractivity contribution in [1.82, 2.24) is 0 Å². The molecule has 4 heteroatoms. The Kier molecular flexibility index (Phi) is 4.52. The minimum absolute atomic E-state index is 0.0680. The van der Waals surface area contributed by atoms with E-state index in [-0.39, 0.29) is 24.7 Å². The summed E-state index contributed by atoms with van der Waals surface area (Å²) >= 11 is 0. The monoisotopic (exact) mass is 218 g/mol. The van der Waals surface area contributed by atoms with Gasteiger partial charge < -0.3 is 19.7 Å². The summed E-state index contributed by atoms with van der Waals surface area (Å²) < 4.78 is 10.8. The zero-order valence-corrected chi connectivity index (χ0v) is 9.77. The molecule has 0 radical (unpaired) electrons. The van der Waals surface area contributed by atoms with Gasteiger partial charge >= 0.3 is 0 Å². The van der Waals surface area contributed by atoms with Crippen LogP contribution in [-0.2, 0) is 9.47 Å². The van der Waals surface area contributed by atoms with Crippen LogP contribution in [0.25, 0.3) is 0 Å². The number of ether oxygens (including phenoxy) is 2. The highest BCUT2D eigenvalue weighted by atomic mass is 16.5. The fourth-order valence-corrected chi connectivity index (χ4v) is 2.28. The Morgan fingerprint density at radius 3 is 2.53 bits per heavy atom. The van der Waals surface area contributed by atoms with Crippen LogP contribution in [0.5, 0.6) is 0 Å². The van der Waals surface area contributed by atoms with Crippen molar-refractivity contribution in [3.8, 4) is 0 Å². The second kappa shape index (κ2) is 5.25. The lowest BCUT2D eigenvalue weighted by molar-refractivity contribution is -0.148. The molecule has 4 unspecified atom stereocenters. The summed E-state index contributed by atoms with van der Waals surface area (Å²) in [7, 11) is 3.18. The van der Waals surface area contributed by atoms with Crippen LogP contribution in [0, 0.1) is 5.92 Å². The van der Waals surface area contributed by atoms with Crippen LogP contribution >= 0.6 is 0 Å². The highest BCUT2D eigenvalue weighted by Crippen LogP contribution is 2.34. The number of aliphatic hydroxyl groups is 2. The standard InChI is InChI=1S/C11H22O4/c1-8-4-5-11(7-12,15-3)10(14-2)6-9(8)13/h8-10,12-13H,4-7H2,1-3H3. The van der Waals surface area contributed by atoms with E-state index in [0.717, 1.165) is 12.8 Å². The van der Waals surface area contributed by atoms with Crippen molar-refractivity contribution in [2.75, 3.05) is 20.8 Å². The second-order valence-corrected chi connectivity index (χ2v) is 4.47. The van der Waals surface area contributed by atoms with Crippen LogP contribution in [-0.4, -0.2) is 48.8 Å². The summed E-state index contributed by atoms with van der Waals surface area (Å²) in [5, 5.41) is 19.3. The molecular weight excluding hydrogens is 196 g/mol. The van der Waals surface area contributed by atoms with Crippen LogP contribution < -0.4 is 0 Å². The van der Waals surface area contributed by atoms with Crippen molar-refractivity contribution >= 4 is 0 Å². The van der Waals surface area contributed by atoms with Crippen LogP contribution in [0.4, 0.5) is 0 Å². The number of hydrogen-bond donors (Lipinski definition) is 2. The molecule has 0 aromatic heterocycles. The van der Waals surface area contributed by atoms with Crippen molar-refractivity contribution in [2.45, 2.75) is 44.0 Å². The molecule has 1 rings (SSSR count). The lowest BCUT2D eigenvalue weighted by Gasteiger charge is -2.36. The quantitative estimate of drug-likeness (QED) is 0.680. The third-order valence-electron chi connectivity index (χ3n) is 3.68. The fourth-order valence-electron chi connectivity index (χ4n) is 2.28. The molecule has 0 spiro atoms. The number of rotatable bonds is 3. The van der Waals surface area contributed by atoms with Crippen LogP contribution in [0.2, 0.25) is 0 Å². The van der Waals surface area contributed by atoms with E-state index in [0.29, 0.717) is 6.42 Å². The smallest absolute Gasteiger partial charge is 0.117 e. The molecule has 0 aliphatic heterocycles. The van der Waals surface area contributed by atoms with E-state index in [2.05, 4.69) is 0 Å². The molecule has 1 aliphatic rings. The predicted molar refractivity (Wildman–Crippen MR) is 56.6 cm³/mol. The summed E-state index contributed by atoms with van der Waals surface area (Å²) in [6.07, 6.45) is 1.46. The molecular formula is C11H22O4. The van der Waals surface area contributed by atoms with Gasteiger partial charge in [-0.05, 0) is 18.8 Å². The molecule has 0 aromatic carbocycles. The SMILES string of the molecule is COC1CC(O)C(C)CCC1(CO)OC. The van der Waals surface area contributed by atoms with Gasteiger partial charge in [0.15, 0.2) is 0 Å². The first-order valence-corrected chi connectivity index (χ1v) is 5.46. The maximum atomic E-state index is 9.87. The molecule has 1 saturated carbocycles. The fraction of sp³-hybridized carbons (Fsp3) is 1.00. The van der Waals surface area contributed by atoms with Gasteiger partial charge in [-0.3, -0.25) is 0 Å². The zero-order valence-electron chi connectivity index (χ0n) is 9.77. The van der Waals surface area contributed by atoms with E-state index < -0.39 is 5.60 Å². The summed E-state index contributed by atoms with van der Waals surface area (Å²) in [6.45, 7) is 1.95. The average Bonchev–Trinajstić information content (AvgIpc) is 2.38. The van der Waals surface area contributed by atoms with Crippen molar-refractivity contribution in [2.24, 2.45) is 5.92 Å². The molecule has 15 heavy (non-hydrogen) atoms. The molecule has 4 atom stereocenters. The van der Waals surface area contributed by atoms with E-state index >= 15 is 0 Å². The molecule has 1 aliphatic carbocycles. The van der Waals surface area contributed by atoms with Crippen LogP contribution in [0.1, 0.15) is 26.2 Å². The number of hydrogen-bond acceptors (Lipinski definition) is 4. The molecule has 0 aromatic rings. The van der Waals surface area contributed by atoms with Gasteiger partial charge in [-0.25, -0.2) is 0 Å². The first-order chi connectivity index (χ1) is 7.09.